The SMILES string of the molecule is Cc1cc(F)ccc1N1CC(c2noc(CNC(=O)c3ccccc3)n2)CC1=O. The maximum absolute atomic E-state index is 13.3. The van der Waals surface area contributed by atoms with Crippen molar-refractivity contribution in [1.29, 1.82) is 0 Å². The van der Waals surface area contributed by atoms with E-state index in [-0.39, 0.29) is 42.4 Å². The summed E-state index contributed by atoms with van der Waals surface area (Å²) in [5.74, 6) is -0.186. The summed E-state index contributed by atoms with van der Waals surface area (Å²) in [6.45, 7) is 2.25. The molecule has 4 rings (SSSR count). The van der Waals surface area contributed by atoms with E-state index in [1.165, 1.54) is 12.1 Å². The summed E-state index contributed by atoms with van der Waals surface area (Å²) in [7, 11) is 0. The Morgan fingerprint density at radius 1 is 1.28 bits per heavy atom. The highest BCUT2D eigenvalue weighted by atomic mass is 19.1. The Labute approximate surface area is 166 Å². The molecule has 8 heteroatoms. The molecule has 7 nitrogen and oxygen atoms in total. The Bertz CT molecular complexity index is 1050. The van der Waals surface area contributed by atoms with E-state index >= 15 is 0 Å². The smallest absolute Gasteiger partial charge is 0.251 e. The molecule has 1 saturated heterocycles. The van der Waals surface area contributed by atoms with Crippen LogP contribution in [0.25, 0.3) is 0 Å². The maximum atomic E-state index is 13.3. The number of nitrogens with one attached hydrogen (secondary N) is 1. The van der Waals surface area contributed by atoms with Crippen molar-refractivity contribution < 1.29 is 18.5 Å². The van der Waals surface area contributed by atoms with Crippen LogP contribution in [-0.2, 0) is 11.3 Å². The highest BCUT2D eigenvalue weighted by Gasteiger charge is 2.35. The van der Waals surface area contributed by atoms with Gasteiger partial charge in [-0.2, -0.15) is 4.98 Å². The second-order valence-electron chi connectivity index (χ2n) is 6.93. The quantitative estimate of drug-likeness (QED) is 0.719. The Balaban J connectivity index is 1.41. The van der Waals surface area contributed by atoms with E-state index in [0.29, 0.717) is 29.2 Å². The summed E-state index contributed by atoms with van der Waals surface area (Å²) >= 11 is 0. The van der Waals surface area contributed by atoms with Crippen LogP contribution in [-0.4, -0.2) is 28.5 Å². The molecule has 2 amide bonds. The number of anilines is 1. The number of carbonyl (C=O) groups is 2. The monoisotopic (exact) mass is 394 g/mol. The third kappa shape index (κ3) is 4.01. The maximum Gasteiger partial charge on any atom is 0.251 e. The van der Waals surface area contributed by atoms with Crippen LogP contribution in [0.1, 0.15) is 40.0 Å². The lowest BCUT2D eigenvalue weighted by atomic mass is 10.1. The zero-order chi connectivity index (χ0) is 20.4. The molecule has 1 unspecified atom stereocenters. The van der Waals surface area contributed by atoms with Crippen LogP contribution in [0.3, 0.4) is 0 Å². The number of aromatic nitrogens is 2. The van der Waals surface area contributed by atoms with Crippen molar-refractivity contribution in [2.24, 2.45) is 0 Å². The Morgan fingerprint density at radius 3 is 2.83 bits per heavy atom. The van der Waals surface area contributed by atoms with Gasteiger partial charge in [-0.05, 0) is 42.8 Å². The number of rotatable bonds is 5. The molecule has 0 bridgehead atoms. The number of halogens is 1. The van der Waals surface area contributed by atoms with E-state index in [9.17, 15) is 14.0 Å². The van der Waals surface area contributed by atoms with Crippen molar-refractivity contribution in [3.8, 4) is 0 Å². The van der Waals surface area contributed by atoms with Crippen LogP contribution >= 0.6 is 0 Å². The molecule has 3 aromatic rings. The fourth-order valence-corrected chi connectivity index (χ4v) is 3.39. The molecule has 2 heterocycles. The van der Waals surface area contributed by atoms with E-state index in [1.54, 1.807) is 42.2 Å². The average molecular weight is 394 g/mol. The lowest BCUT2D eigenvalue weighted by Gasteiger charge is -2.18. The van der Waals surface area contributed by atoms with Crippen LogP contribution < -0.4 is 10.2 Å². The van der Waals surface area contributed by atoms with Gasteiger partial charge in [0.25, 0.3) is 5.91 Å². The van der Waals surface area contributed by atoms with Gasteiger partial charge in [0.1, 0.15) is 5.82 Å². The Kier molecular flexibility index (Phi) is 5.07. The van der Waals surface area contributed by atoms with Crippen molar-refractivity contribution in [2.75, 3.05) is 11.4 Å². The lowest BCUT2D eigenvalue weighted by Crippen LogP contribution is -2.25. The fourth-order valence-electron chi connectivity index (χ4n) is 3.39. The van der Waals surface area contributed by atoms with Gasteiger partial charge in [-0.15, -0.1) is 0 Å². The van der Waals surface area contributed by atoms with Crippen molar-refractivity contribution >= 4 is 17.5 Å². The molecule has 29 heavy (non-hydrogen) atoms. The summed E-state index contributed by atoms with van der Waals surface area (Å²) < 4.78 is 18.6. The minimum absolute atomic E-state index is 0.0755. The largest absolute Gasteiger partial charge is 0.343 e. The number of benzene rings is 2. The first kappa shape index (κ1) is 18.8. The lowest BCUT2D eigenvalue weighted by molar-refractivity contribution is -0.117. The minimum Gasteiger partial charge on any atom is -0.343 e. The topological polar surface area (TPSA) is 88.3 Å². The molecule has 1 fully saturated rings. The Morgan fingerprint density at radius 2 is 2.07 bits per heavy atom. The first-order valence-electron chi connectivity index (χ1n) is 9.23. The zero-order valence-electron chi connectivity index (χ0n) is 15.8. The van der Waals surface area contributed by atoms with E-state index in [0.717, 1.165) is 0 Å². The summed E-state index contributed by atoms with van der Waals surface area (Å²) in [4.78, 5) is 30.5. The van der Waals surface area contributed by atoms with Gasteiger partial charge in [0.2, 0.25) is 11.8 Å². The zero-order valence-corrected chi connectivity index (χ0v) is 15.8. The molecule has 1 aliphatic heterocycles. The number of hydrogen-bond acceptors (Lipinski definition) is 5. The van der Waals surface area contributed by atoms with E-state index in [4.69, 9.17) is 4.52 Å². The molecule has 0 radical (unpaired) electrons. The second kappa shape index (κ2) is 7.83. The van der Waals surface area contributed by atoms with Gasteiger partial charge in [-0.3, -0.25) is 9.59 Å². The molecule has 1 N–H and O–H groups in total. The highest BCUT2D eigenvalue weighted by Crippen LogP contribution is 2.32. The van der Waals surface area contributed by atoms with Crippen LogP contribution in [0.4, 0.5) is 10.1 Å². The van der Waals surface area contributed by atoms with E-state index < -0.39 is 0 Å². The molecule has 0 aliphatic carbocycles. The van der Waals surface area contributed by atoms with Crippen LogP contribution in [0.5, 0.6) is 0 Å². The number of hydrogen-bond donors (Lipinski definition) is 1. The molecular formula is C21H19FN4O3. The normalized spacial score (nSPS) is 16.3. The predicted molar refractivity (Wildman–Crippen MR) is 103 cm³/mol. The minimum atomic E-state index is -0.338. The van der Waals surface area contributed by atoms with Gasteiger partial charge < -0.3 is 14.7 Å². The standard InChI is InChI=1S/C21H19FN4O3/c1-13-9-16(22)7-8-17(13)26-12-15(10-19(26)27)20-24-18(29-25-20)11-23-21(28)14-5-3-2-4-6-14/h2-9,15H,10-12H2,1H3,(H,23,28). The highest BCUT2D eigenvalue weighted by molar-refractivity contribution is 5.97. The Hall–Kier alpha value is -3.55. The third-order valence-electron chi connectivity index (χ3n) is 4.86. The van der Waals surface area contributed by atoms with Crippen molar-refractivity contribution in [1.82, 2.24) is 15.5 Å². The second-order valence-corrected chi connectivity index (χ2v) is 6.93. The van der Waals surface area contributed by atoms with Crippen molar-refractivity contribution in [3.05, 3.63) is 77.2 Å². The first-order valence-corrected chi connectivity index (χ1v) is 9.23. The average Bonchev–Trinajstić information content (AvgIpc) is 3.34. The molecule has 1 aliphatic rings. The van der Waals surface area contributed by atoms with Crippen LogP contribution in [0.15, 0.2) is 53.1 Å². The molecule has 0 saturated carbocycles. The molecule has 0 spiro atoms. The summed E-state index contributed by atoms with van der Waals surface area (Å²) in [5.41, 5.74) is 1.91. The number of nitrogens with zero attached hydrogens (tertiary/aromatic N) is 3. The van der Waals surface area contributed by atoms with Gasteiger partial charge >= 0.3 is 0 Å². The van der Waals surface area contributed by atoms with Crippen LogP contribution in [0.2, 0.25) is 0 Å². The van der Waals surface area contributed by atoms with Gasteiger partial charge in [-0.25, -0.2) is 4.39 Å². The molecular weight excluding hydrogens is 375 g/mol. The third-order valence-corrected chi connectivity index (χ3v) is 4.86. The van der Waals surface area contributed by atoms with Gasteiger partial charge in [0.15, 0.2) is 5.82 Å². The van der Waals surface area contributed by atoms with Gasteiger partial charge in [0, 0.05) is 30.1 Å². The molecule has 1 atom stereocenters. The van der Waals surface area contributed by atoms with E-state index in [2.05, 4.69) is 15.5 Å². The molecule has 2 aromatic carbocycles. The molecule has 148 valence electrons. The van der Waals surface area contributed by atoms with E-state index in [1.807, 2.05) is 6.07 Å². The molecule has 1 aromatic heterocycles. The summed E-state index contributed by atoms with van der Waals surface area (Å²) in [5, 5.41) is 6.70. The summed E-state index contributed by atoms with van der Waals surface area (Å²) in [6.07, 6.45) is 0.242. The number of aryl methyl sites for hydroxylation is 1. The van der Waals surface area contributed by atoms with Crippen LogP contribution in [0, 0.1) is 12.7 Å². The predicted octanol–water partition coefficient (Wildman–Crippen LogP) is 2.97. The fraction of sp³-hybridized carbons (Fsp3) is 0.238. The summed E-state index contributed by atoms with van der Waals surface area (Å²) in [6, 6.07) is 13.2. The van der Waals surface area contributed by atoms with Gasteiger partial charge in [-0.1, -0.05) is 23.4 Å². The number of carbonyl (C=O) groups excluding carboxylic acids is 2. The van der Waals surface area contributed by atoms with Crippen molar-refractivity contribution in [3.63, 3.8) is 0 Å². The van der Waals surface area contributed by atoms with Gasteiger partial charge in [0.05, 0.1) is 6.54 Å². The first-order chi connectivity index (χ1) is 14.0. The number of amides is 2. The van der Waals surface area contributed by atoms with Crippen molar-refractivity contribution in [2.45, 2.75) is 25.8 Å².